The average molecular weight is 262 g/mol. The first-order chi connectivity index (χ1) is 9.13. The summed E-state index contributed by atoms with van der Waals surface area (Å²) in [6, 6.07) is 5.82. The summed E-state index contributed by atoms with van der Waals surface area (Å²) in [5.74, 6) is 0. The van der Waals surface area contributed by atoms with E-state index in [9.17, 15) is 9.90 Å². The second-order valence-corrected chi connectivity index (χ2v) is 4.82. The molecule has 1 unspecified atom stereocenters. The van der Waals surface area contributed by atoms with E-state index in [-0.39, 0.29) is 5.69 Å². The normalized spacial score (nSPS) is 13.1. The topological polar surface area (TPSA) is 47.2 Å². The first-order valence-corrected chi connectivity index (χ1v) is 7.05. The van der Waals surface area contributed by atoms with Crippen molar-refractivity contribution < 1.29 is 5.11 Å². The van der Waals surface area contributed by atoms with E-state index in [2.05, 4.69) is 6.92 Å². The smallest absolute Gasteiger partial charge is 0.329 e. The number of fused-ring (bicyclic) bond motifs is 1. The molecule has 1 N–H and O–H groups in total. The lowest BCUT2D eigenvalue weighted by atomic mass is 10.0. The zero-order chi connectivity index (χ0) is 14.0. The Kier molecular flexibility index (Phi) is 4.10. The number of imidazole rings is 1. The molecule has 2 rings (SSSR count). The number of aliphatic hydroxyl groups excluding tert-OH is 1. The van der Waals surface area contributed by atoms with Gasteiger partial charge in [0, 0.05) is 13.1 Å². The summed E-state index contributed by atoms with van der Waals surface area (Å²) in [6.07, 6.45) is 1.24. The maximum atomic E-state index is 12.2. The largest absolute Gasteiger partial charge is 0.388 e. The van der Waals surface area contributed by atoms with E-state index < -0.39 is 6.10 Å². The minimum atomic E-state index is -0.445. The van der Waals surface area contributed by atoms with Crippen LogP contribution < -0.4 is 5.69 Å². The number of benzene rings is 1. The predicted octanol–water partition coefficient (Wildman–Crippen LogP) is 2.68. The van der Waals surface area contributed by atoms with Gasteiger partial charge in [0.25, 0.3) is 0 Å². The van der Waals surface area contributed by atoms with Gasteiger partial charge in [-0.25, -0.2) is 4.79 Å². The summed E-state index contributed by atoms with van der Waals surface area (Å²) >= 11 is 0. The molecule has 19 heavy (non-hydrogen) atoms. The molecule has 0 spiro atoms. The molecule has 1 heterocycles. The quantitative estimate of drug-likeness (QED) is 0.900. The Morgan fingerprint density at radius 1 is 1.11 bits per heavy atom. The molecule has 4 nitrogen and oxygen atoms in total. The molecule has 0 aliphatic carbocycles. The molecule has 1 aromatic carbocycles. The third-order valence-corrected chi connectivity index (χ3v) is 3.62. The van der Waals surface area contributed by atoms with E-state index in [1.54, 1.807) is 9.13 Å². The van der Waals surface area contributed by atoms with Crippen molar-refractivity contribution in [3.63, 3.8) is 0 Å². The van der Waals surface area contributed by atoms with Crippen LogP contribution in [0.15, 0.2) is 23.0 Å². The van der Waals surface area contributed by atoms with Crippen LogP contribution in [0.4, 0.5) is 0 Å². The van der Waals surface area contributed by atoms with Crippen molar-refractivity contribution in [3.8, 4) is 0 Å². The van der Waals surface area contributed by atoms with Crippen LogP contribution in [0.2, 0.25) is 0 Å². The predicted molar refractivity (Wildman–Crippen MR) is 77.4 cm³/mol. The zero-order valence-electron chi connectivity index (χ0n) is 11.9. The van der Waals surface area contributed by atoms with Crippen LogP contribution in [0.3, 0.4) is 0 Å². The number of nitrogens with zero attached hydrogens (tertiary/aromatic N) is 2. The monoisotopic (exact) mass is 262 g/mol. The number of aryl methyl sites for hydroxylation is 2. The van der Waals surface area contributed by atoms with Crippen molar-refractivity contribution in [3.05, 3.63) is 34.2 Å². The van der Waals surface area contributed by atoms with Crippen LogP contribution in [-0.4, -0.2) is 14.2 Å². The van der Waals surface area contributed by atoms with E-state index in [0.717, 1.165) is 29.4 Å². The lowest BCUT2D eigenvalue weighted by Gasteiger charge is -2.10. The van der Waals surface area contributed by atoms with Crippen LogP contribution in [0.1, 0.15) is 45.3 Å². The van der Waals surface area contributed by atoms with E-state index in [4.69, 9.17) is 0 Å². The van der Waals surface area contributed by atoms with Gasteiger partial charge in [0.15, 0.2) is 0 Å². The lowest BCUT2D eigenvalue weighted by Crippen LogP contribution is -2.23. The van der Waals surface area contributed by atoms with Gasteiger partial charge < -0.3 is 5.11 Å². The van der Waals surface area contributed by atoms with E-state index in [1.807, 2.05) is 32.0 Å². The maximum Gasteiger partial charge on any atom is 0.329 e. The SMILES string of the molecule is CCCC(O)c1ccc2c(c1)n(CC)c(=O)n2CC. The standard InChI is InChI=1S/C15H22N2O2/c1-4-7-14(18)11-8-9-12-13(10-11)17(6-3)15(19)16(12)5-2/h8-10,14,18H,4-7H2,1-3H3. The maximum absolute atomic E-state index is 12.2. The van der Waals surface area contributed by atoms with Crippen LogP contribution in [-0.2, 0) is 13.1 Å². The molecule has 0 aliphatic heterocycles. The Bertz CT molecular complexity index is 625. The van der Waals surface area contributed by atoms with Crippen LogP contribution in [0, 0.1) is 0 Å². The third kappa shape index (κ3) is 2.32. The fourth-order valence-corrected chi connectivity index (χ4v) is 2.60. The van der Waals surface area contributed by atoms with Crippen molar-refractivity contribution in [2.75, 3.05) is 0 Å². The second kappa shape index (κ2) is 5.61. The minimum absolute atomic E-state index is 0.0298. The first-order valence-electron chi connectivity index (χ1n) is 7.05. The molecule has 0 radical (unpaired) electrons. The number of hydrogen-bond donors (Lipinski definition) is 1. The van der Waals surface area contributed by atoms with Gasteiger partial charge in [0.05, 0.1) is 17.1 Å². The van der Waals surface area contributed by atoms with Crippen LogP contribution >= 0.6 is 0 Å². The molecular weight excluding hydrogens is 240 g/mol. The van der Waals surface area contributed by atoms with Crippen LogP contribution in [0.5, 0.6) is 0 Å². The molecule has 0 saturated heterocycles. The Morgan fingerprint density at radius 2 is 1.74 bits per heavy atom. The molecule has 1 aromatic heterocycles. The van der Waals surface area contributed by atoms with Crippen molar-refractivity contribution in [2.45, 2.75) is 52.8 Å². The summed E-state index contributed by atoms with van der Waals surface area (Å²) in [5, 5.41) is 10.1. The lowest BCUT2D eigenvalue weighted by molar-refractivity contribution is 0.166. The van der Waals surface area contributed by atoms with Crippen molar-refractivity contribution in [1.29, 1.82) is 0 Å². The number of aliphatic hydroxyl groups is 1. The molecule has 0 bridgehead atoms. The molecule has 0 amide bonds. The summed E-state index contributed by atoms with van der Waals surface area (Å²) in [5.41, 5.74) is 2.79. The van der Waals surface area contributed by atoms with Crippen molar-refractivity contribution >= 4 is 11.0 Å². The van der Waals surface area contributed by atoms with Gasteiger partial charge in [-0.05, 0) is 38.0 Å². The molecule has 4 heteroatoms. The molecule has 0 aliphatic rings. The molecule has 0 fully saturated rings. The Balaban J connectivity index is 2.62. The average Bonchev–Trinajstić information content (AvgIpc) is 2.68. The molecular formula is C15H22N2O2. The summed E-state index contributed by atoms with van der Waals surface area (Å²) < 4.78 is 3.54. The van der Waals surface area contributed by atoms with E-state index >= 15 is 0 Å². The van der Waals surface area contributed by atoms with Gasteiger partial charge in [-0.3, -0.25) is 9.13 Å². The highest BCUT2D eigenvalue weighted by molar-refractivity contribution is 5.77. The number of hydrogen-bond acceptors (Lipinski definition) is 2. The highest BCUT2D eigenvalue weighted by atomic mass is 16.3. The fourth-order valence-electron chi connectivity index (χ4n) is 2.60. The summed E-state index contributed by atoms with van der Waals surface area (Å²) in [7, 11) is 0. The van der Waals surface area contributed by atoms with E-state index in [0.29, 0.717) is 13.1 Å². The number of aromatic nitrogens is 2. The zero-order valence-corrected chi connectivity index (χ0v) is 11.9. The van der Waals surface area contributed by atoms with Gasteiger partial charge >= 0.3 is 5.69 Å². The first kappa shape index (κ1) is 13.9. The summed E-state index contributed by atoms with van der Waals surface area (Å²) in [6.45, 7) is 7.31. The highest BCUT2D eigenvalue weighted by Crippen LogP contribution is 2.23. The molecule has 0 saturated carbocycles. The van der Waals surface area contributed by atoms with Crippen molar-refractivity contribution in [1.82, 2.24) is 9.13 Å². The van der Waals surface area contributed by atoms with Gasteiger partial charge in [-0.2, -0.15) is 0 Å². The highest BCUT2D eigenvalue weighted by Gasteiger charge is 2.13. The molecule has 2 aromatic rings. The minimum Gasteiger partial charge on any atom is -0.388 e. The Labute approximate surface area is 113 Å². The Morgan fingerprint density at radius 3 is 2.32 bits per heavy atom. The van der Waals surface area contributed by atoms with Gasteiger partial charge in [-0.15, -0.1) is 0 Å². The Hall–Kier alpha value is -1.55. The second-order valence-electron chi connectivity index (χ2n) is 4.82. The van der Waals surface area contributed by atoms with Gasteiger partial charge in [-0.1, -0.05) is 19.4 Å². The fraction of sp³-hybridized carbons (Fsp3) is 0.533. The third-order valence-electron chi connectivity index (χ3n) is 3.62. The van der Waals surface area contributed by atoms with Crippen LogP contribution in [0.25, 0.3) is 11.0 Å². The number of rotatable bonds is 5. The van der Waals surface area contributed by atoms with Gasteiger partial charge in [0.1, 0.15) is 0 Å². The molecule has 1 atom stereocenters. The molecule has 104 valence electrons. The van der Waals surface area contributed by atoms with Gasteiger partial charge in [0.2, 0.25) is 0 Å². The van der Waals surface area contributed by atoms with Crippen molar-refractivity contribution in [2.24, 2.45) is 0 Å². The summed E-state index contributed by atoms with van der Waals surface area (Å²) in [4.78, 5) is 12.2. The van der Waals surface area contributed by atoms with E-state index in [1.165, 1.54) is 0 Å².